The van der Waals surface area contributed by atoms with Crippen LogP contribution in [-0.4, -0.2) is 21.1 Å². The molecule has 2 rings (SSSR count). The Morgan fingerprint density at radius 3 is 2.38 bits per heavy atom. The van der Waals surface area contributed by atoms with Gasteiger partial charge < -0.3 is 0 Å². The van der Waals surface area contributed by atoms with E-state index in [4.69, 9.17) is 28.0 Å². The minimum Gasteiger partial charge on any atom is -0.294 e. The first-order valence-electron chi connectivity index (χ1n) is 6.90. The van der Waals surface area contributed by atoms with Crippen LogP contribution >= 0.6 is 23.2 Å². The number of halogens is 4. The topological polar surface area (TPSA) is 56.1 Å². The summed E-state index contributed by atoms with van der Waals surface area (Å²) in [5.74, 6) is -0.887. The van der Waals surface area contributed by atoms with Crippen LogP contribution in [0, 0.1) is 0 Å². The lowest BCUT2D eigenvalue weighted by Crippen LogP contribution is -2.34. The number of hydrogen-bond acceptors (Lipinski definition) is 3. The number of carbonyl (C=O) groups is 1. The van der Waals surface area contributed by atoms with Gasteiger partial charge in [-0.15, -0.1) is 0 Å². The van der Waals surface area contributed by atoms with Gasteiger partial charge in [0.05, 0.1) is 21.3 Å². The van der Waals surface area contributed by atoms with Crippen molar-refractivity contribution in [3.05, 3.63) is 46.0 Å². The van der Waals surface area contributed by atoms with Gasteiger partial charge in [0, 0.05) is 0 Å². The van der Waals surface area contributed by atoms with Gasteiger partial charge in [0.2, 0.25) is 0 Å². The molecule has 0 bridgehead atoms. The summed E-state index contributed by atoms with van der Waals surface area (Å²) in [7, 11) is 0. The normalized spacial score (nSPS) is 11.8. The van der Waals surface area contributed by atoms with Crippen molar-refractivity contribution in [2.45, 2.75) is 32.8 Å². The average molecular weight is 378 g/mol. The SMILES string of the molecule is CC(C)(C)ONC(=O)c1ncn(-c2c(Cl)cccc2Cl)c1C(F)F. The van der Waals surface area contributed by atoms with Gasteiger partial charge in [-0.1, -0.05) is 29.3 Å². The quantitative estimate of drug-likeness (QED) is 0.793. The van der Waals surface area contributed by atoms with Crippen LogP contribution in [0.5, 0.6) is 0 Å². The van der Waals surface area contributed by atoms with Crippen LogP contribution in [0.2, 0.25) is 10.0 Å². The van der Waals surface area contributed by atoms with Crippen LogP contribution < -0.4 is 5.48 Å². The van der Waals surface area contributed by atoms with E-state index in [1.807, 2.05) is 0 Å². The molecule has 0 saturated heterocycles. The second kappa shape index (κ2) is 7.04. The highest BCUT2D eigenvalue weighted by Gasteiger charge is 2.28. The fraction of sp³-hybridized carbons (Fsp3) is 0.333. The Morgan fingerprint density at radius 2 is 1.88 bits per heavy atom. The molecule has 0 atom stereocenters. The molecule has 1 amide bonds. The van der Waals surface area contributed by atoms with Crippen molar-refractivity contribution < 1.29 is 18.4 Å². The monoisotopic (exact) mass is 377 g/mol. The number of nitrogens with zero attached hydrogens (tertiary/aromatic N) is 2. The number of aromatic nitrogens is 2. The third-order valence-electron chi connectivity index (χ3n) is 2.85. The summed E-state index contributed by atoms with van der Waals surface area (Å²) in [4.78, 5) is 21.0. The molecule has 130 valence electrons. The van der Waals surface area contributed by atoms with Crippen LogP contribution in [0.15, 0.2) is 24.5 Å². The van der Waals surface area contributed by atoms with Gasteiger partial charge in [0.15, 0.2) is 5.69 Å². The first-order valence-corrected chi connectivity index (χ1v) is 7.65. The van der Waals surface area contributed by atoms with E-state index >= 15 is 0 Å². The number of rotatable bonds is 4. The summed E-state index contributed by atoms with van der Waals surface area (Å²) in [6.45, 7) is 5.09. The molecule has 0 aliphatic rings. The number of amides is 1. The van der Waals surface area contributed by atoms with Crippen LogP contribution in [0.4, 0.5) is 8.78 Å². The van der Waals surface area contributed by atoms with Crippen LogP contribution in [-0.2, 0) is 4.84 Å². The molecule has 0 aliphatic carbocycles. The molecule has 0 saturated carbocycles. The third-order valence-corrected chi connectivity index (χ3v) is 3.46. The van der Waals surface area contributed by atoms with Gasteiger partial charge in [0.25, 0.3) is 12.3 Å². The third kappa shape index (κ3) is 4.03. The summed E-state index contributed by atoms with van der Waals surface area (Å²) < 4.78 is 28.1. The molecule has 1 aromatic heterocycles. The van der Waals surface area contributed by atoms with Gasteiger partial charge in [-0.05, 0) is 32.9 Å². The van der Waals surface area contributed by atoms with E-state index in [9.17, 15) is 13.6 Å². The number of nitrogens with one attached hydrogen (secondary N) is 1. The number of imidazole rings is 1. The summed E-state index contributed by atoms with van der Waals surface area (Å²) in [5.41, 5.74) is 0.461. The number of hydroxylamine groups is 1. The molecule has 0 unspecified atom stereocenters. The molecule has 0 spiro atoms. The molecule has 9 heteroatoms. The van der Waals surface area contributed by atoms with Crippen molar-refractivity contribution >= 4 is 29.1 Å². The summed E-state index contributed by atoms with van der Waals surface area (Å²) in [6.07, 6.45) is -1.91. The Hall–Kier alpha value is -1.70. The van der Waals surface area contributed by atoms with Gasteiger partial charge >= 0.3 is 0 Å². The van der Waals surface area contributed by atoms with E-state index in [-0.39, 0.29) is 15.7 Å². The van der Waals surface area contributed by atoms with Crippen molar-refractivity contribution in [3.8, 4) is 5.69 Å². The molecular formula is C15H15Cl2F2N3O2. The van der Waals surface area contributed by atoms with Gasteiger partial charge in [-0.25, -0.2) is 19.2 Å². The maximum Gasteiger partial charge on any atom is 0.295 e. The Kier molecular flexibility index (Phi) is 5.47. The van der Waals surface area contributed by atoms with Crippen LogP contribution in [0.25, 0.3) is 5.69 Å². The molecule has 0 aliphatic heterocycles. The Balaban J connectivity index is 2.47. The summed E-state index contributed by atoms with van der Waals surface area (Å²) in [5, 5.41) is 0.305. The number of carbonyl (C=O) groups excluding carboxylic acids is 1. The zero-order valence-corrected chi connectivity index (χ0v) is 14.6. The first kappa shape index (κ1) is 18.6. The van der Waals surface area contributed by atoms with Crippen molar-refractivity contribution in [1.82, 2.24) is 15.0 Å². The highest BCUT2D eigenvalue weighted by molar-refractivity contribution is 6.37. The maximum atomic E-state index is 13.5. The summed E-state index contributed by atoms with van der Waals surface area (Å²) in [6, 6.07) is 4.58. The van der Waals surface area contributed by atoms with Crippen molar-refractivity contribution in [2.24, 2.45) is 0 Å². The van der Waals surface area contributed by atoms with E-state index in [1.54, 1.807) is 26.8 Å². The van der Waals surface area contributed by atoms with Gasteiger partial charge in [0.1, 0.15) is 12.0 Å². The van der Waals surface area contributed by atoms with Gasteiger partial charge in [-0.2, -0.15) is 0 Å². The van der Waals surface area contributed by atoms with Crippen LogP contribution in [0.1, 0.15) is 43.4 Å². The van der Waals surface area contributed by atoms with Gasteiger partial charge in [-0.3, -0.25) is 14.2 Å². The van der Waals surface area contributed by atoms with Crippen molar-refractivity contribution in [3.63, 3.8) is 0 Å². The molecule has 0 fully saturated rings. The Morgan fingerprint density at radius 1 is 1.29 bits per heavy atom. The average Bonchev–Trinajstić information content (AvgIpc) is 2.88. The minimum atomic E-state index is -2.98. The fourth-order valence-electron chi connectivity index (χ4n) is 1.89. The van der Waals surface area contributed by atoms with Crippen molar-refractivity contribution in [1.29, 1.82) is 0 Å². The largest absolute Gasteiger partial charge is 0.295 e. The molecule has 24 heavy (non-hydrogen) atoms. The zero-order chi connectivity index (χ0) is 18.1. The van der Waals surface area contributed by atoms with E-state index in [0.717, 1.165) is 10.9 Å². The fourth-order valence-corrected chi connectivity index (χ4v) is 2.47. The predicted molar refractivity (Wildman–Crippen MR) is 86.8 cm³/mol. The van der Waals surface area contributed by atoms with Crippen LogP contribution in [0.3, 0.4) is 0 Å². The Bertz CT molecular complexity index is 737. The number of alkyl halides is 2. The molecule has 5 nitrogen and oxygen atoms in total. The minimum absolute atomic E-state index is 0.124. The summed E-state index contributed by atoms with van der Waals surface area (Å²) >= 11 is 12.1. The molecular weight excluding hydrogens is 363 g/mol. The van der Waals surface area contributed by atoms with E-state index in [2.05, 4.69) is 10.5 Å². The molecule has 1 aromatic carbocycles. The van der Waals surface area contributed by atoms with E-state index in [1.165, 1.54) is 12.1 Å². The second-order valence-corrected chi connectivity index (χ2v) is 6.68. The predicted octanol–water partition coefficient (Wildman–Crippen LogP) is 4.58. The van der Waals surface area contributed by atoms with Crippen molar-refractivity contribution in [2.75, 3.05) is 0 Å². The second-order valence-electron chi connectivity index (χ2n) is 5.87. The molecule has 2 aromatic rings. The van der Waals surface area contributed by atoms with E-state index < -0.39 is 29.3 Å². The highest BCUT2D eigenvalue weighted by Crippen LogP contribution is 2.33. The lowest BCUT2D eigenvalue weighted by atomic mass is 10.2. The standard InChI is InChI=1S/C15H15Cl2F2N3O2/c1-15(2,3)24-21-14(23)10-12(13(18)19)22(7-20-10)11-8(16)5-4-6-9(11)17/h4-7,13H,1-3H3,(H,21,23). The van der Waals surface area contributed by atoms with E-state index in [0.29, 0.717) is 0 Å². The molecule has 0 radical (unpaired) electrons. The lowest BCUT2D eigenvalue weighted by molar-refractivity contribution is -0.0592. The number of para-hydroxylation sites is 1. The maximum absolute atomic E-state index is 13.5. The smallest absolute Gasteiger partial charge is 0.294 e. The number of hydrogen-bond donors (Lipinski definition) is 1. The molecule has 1 N–H and O–H groups in total. The number of benzene rings is 1. The Labute approximate surface area is 147 Å². The molecule has 1 heterocycles. The highest BCUT2D eigenvalue weighted by atomic mass is 35.5. The first-order chi connectivity index (χ1) is 11.1. The zero-order valence-electron chi connectivity index (χ0n) is 13.1. The lowest BCUT2D eigenvalue weighted by Gasteiger charge is -2.18.